The lowest BCUT2D eigenvalue weighted by molar-refractivity contribution is -0.240. The Morgan fingerprint density at radius 2 is 1.84 bits per heavy atom. The summed E-state index contributed by atoms with van der Waals surface area (Å²) in [7, 11) is 0. The fourth-order valence-corrected chi connectivity index (χ4v) is 10.2. The maximum atomic E-state index is 12.6. The highest BCUT2D eigenvalue weighted by Crippen LogP contribution is 2.69. The maximum absolute atomic E-state index is 12.6. The van der Waals surface area contributed by atoms with Crippen molar-refractivity contribution in [1.82, 2.24) is 5.06 Å². The molecule has 3 amide bonds. The van der Waals surface area contributed by atoms with Gasteiger partial charge in [0, 0.05) is 30.0 Å². The number of imide groups is 1. The molecule has 6 unspecified atom stereocenters. The number of amides is 3. The number of nitrogens with one attached hydrogen (secondary N) is 1. The number of aliphatic hydroxyl groups excluding tert-OH is 1. The van der Waals surface area contributed by atoms with Crippen molar-refractivity contribution in [3.05, 3.63) is 41.5 Å². The van der Waals surface area contributed by atoms with Crippen LogP contribution in [-0.4, -0.2) is 75.6 Å². The van der Waals surface area contributed by atoms with Gasteiger partial charge in [-0.2, -0.15) is 0 Å². The zero-order valence-electron chi connectivity index (χ0n) is 27.8. The molecule has 7 rings (SSSR count). The Bertz CT molecular complexity index is 1640. The minimum Gasteiger partial charge on any atom is -0.458 e. The summed E-state index contributed by atoms with van der Waals surface area (Å²) in [5, 5.41) is 31.6. The number of esters is 1. The quantitative estimate of drug-likeness (QED) is 0.220. The molecule has 4 aliphatic carbocycles. The Morgan fingerprint density at radius 3 is 2.57 bits per heavy atom. The van der Waals surface area contributed by atoms with Crippen LogP contribution in [0.5, 0.6) is 0 Å². The van der Waals surface area contributed by atoms with E-state index < -0.39 is 40.8 Å². The molecule has 1 aromatic rings. The molecule has 0 bridgehead atoms. The normalized spacial score (nSPS) is 37.6. The number of cyclic esters (lactones) is 1. The van der Waals surface area contributed by atoms with Crippen LogP contribution in [-0.2, 0) is 33.6 Å². The monoisotopic (exact) mass is 677 g/mol. The first-order chi connectivity index (χ1) is 23.3. The number of fused-ring (bicyclic) bond motifs is 5. The third-order valence-electron chi connectivity index (χ3n) is 12.9. The first-order valence-corrected chi connectivity index (χ1v) is 17.3. The summed E-state index contributed by atoms with van der Waals surface area (Å²) in [6.07, 6.45) is 6.74. The molecule has 4 saturated carbocycles. The van der Waals surface area contributed by atoms with E-state index in [1.54, 1.807) is 12.1 Å². The second kappa shape index (κ2) is 12.3. The summed E-state index contributed by atoms with van der Waals surface area (Å²) in [5.41, 5.74) is 0.257. The Hall–Kier alpha value is -4.10. The predicted molar refractivity (Wildman–Crippen MR) is 172 cm³/mol. The average molecular weight is 678 g/mol. The Balaban J connectivity index is 0.946. The number of aliphatic hydroxyl groups is 2. The van der Waals surface area contributed by atoms with E-state index in [0.29, 0.717) is 42.4 Å². The number of hydrogen-bond donors (Lipinski definition) is 3. The van der Waals surface area contributed by atoms with E-state index >= 15 is 0 Å². The van der Waals surface area contributed by atoms with Crippen molar-refractivity contribution >= 4 is 41.1 Å². The summed E-state index contributed by atoms with van der Waals surface area (Å²) < 4.78 is 5.21. The van der Waals surface area contributed by atoms with Gasteiger partial charge in [0.15, 0.2) is 6.61 Å². The van der Waals surface area contributed by atoms with Crippen LogP contribution in [0.3, 0.4) is 0 Å². The van der Waals surface area contributed by atoms with Gasteiger partial charge in [0.1, 0.15) is 6.61 Å². The van der Waals surface area contributed by atoms with Gasteiger partial charge < -0.3 is 29.9 Å². The lowest BCUT2D eigenvalue weighted by Crippen LogP contribution is -2.66. The van der Waals surface area contributed by atoms with Crippen LogP contribution in [0.4, 0.5) is 5.69 Å². The number of nitrogens with zero attached hydrogens (tertiary/aromatic N) is 2. The number of anilines is 1. The van der Waals surface area contributed by atoms with Gasteiger partial charge in [-0.15, -0.1) is 5.06 Å². The zero-order valence-corrected chi connectivity index (χ0v) is 27.8. The number of hydroxylamine groups is 2. The number of carbonyl (C=O) groups excluding carboxylic acids is 5. The molecule has 0 aromatic heterocycles. The Labute approximate surface area is 284 Å². The van der Waals surface area contributed by atoms with Gasteiger partial charge in [-0.1, -0.05) is 25.1 Å². The summed E-state index contributed by atoms with van der Waals surface area (Å²) in [5.74, 6) is -2.49. The smallest absolute Gasteiger partial charge is 0.363 e. The van der Waals surface area contributed by atoms with Crippen molar-refractivity contribution in [1.29, 1.82) is 0 Å². The standard InChI is InChI=1S/C36H43N3O10/c1-34-12-10-24(38-48-19-29(41)37-23-5-3-4-20(14-23)33(45)49-39-30(42)8-9-31(39)43)16-22(34)6-7-26-27(34)17-28(40)35(2)25(11-13-36(26,35)46)21-15-32(44)47-18-21/h3-5,14-15,22,25-28,40,46H,6-13,16-19H2,1-2H3,(H,37,41)/t22?,25?,26?,27?,28?,34-,35-,36?/m0/s1. The zero-order chi connectivity index (χ0) is 34.7. The lowest BCUT2D eigenvalue weighted by atomic mass is 9.42. The topological polar surface area (TPSA) is 181 Å². The van der Waals surface area contributed by atoms with Crippen molar-refractivity contribution in [3.8, 4) is 0 Å². The molecule has 1 saturated heterocycles. The van der Waals surface area contributed by atoms with Crippen molar-refractivity contribution in [3.63, 3.8) is 0 Å². The molecule has 0 radical (unpaired) electrons. The van der Waals surface area contributed by atoms with Crippen molar-refractivity contribution in [2.24, 2.45) is 39.7 Å². The number of ether oxygens (including phenoxy) is 1. The number of carbonyl (C=O) groups is 5. The number of benzene rings is 1. The second-order valence-electron chi connectivity index (χ2n) is 15.1. The van der Waals surface area contributed by atoms with Gasteiger partial charge in [-0.05, 0) is 104 Å². The van der Waals surface area contributed by atoms with Gasteiger partial charge in [0.2, 0.25) is 0 Å². The van der Waals surface area contributed by atoms with Crippen LogP contribution < -0.4 is 5.32 Å². The van der Waals surface area contributed by atoms with Gasteiger partial charge in [0.05, 0.1) is 23.0 Å². The maximum Gasteiger partial charge on any atom is 0.363 e. The van der Waals surface area contributed by atoms with Gasteiger partial charge in [-0.3, -0.25) is 14.4 Å². The van der Waals surface area contributed by atoms with Crippen LogP contribution in [0.25, 0.3) is 0 Å². The minimum atomic E-state index is -1.03. The second-order valence-corrected chi connectivity index (χ2v) is 15.1. The molecular weight excluding hydrogens is 634 g/mol. The Morgan fingerprint density at radius 1 is 1.06 bits per heavy atom. The van der Waals surface area contributed by atoms with E-state index in [2.05, 4.69) is 17.4 Å². The first-order valence-electron chi connectivity index (χ1n) is 17.3. The largest absolute Gasteiger partial charge is 0.458 e. The van der Waals surface area contributed by atoms with E-state index in [-0.39, 0.29) is 60.8 Å². The number of rotatable bonds is 7. The fourth-order valence-electron chi connectivity index (χ4n) is 10.2. The summed E-state index contributed by atoms with van der Waals surface area (Å²) in [4.78, 5) is 70.9. The van der Waals surface area contributed by atoms with E-state index in [1.807, 2.05) is 6.92 Å². The first kappa shape index (κ1) is 33.4. The SMILES string of the molecule is C[C@]12CCC(=NOCC(=O)Nc3cccc(C(=O)ON4C(=O)CCC4=O)c3)CC1CCC1C2CC(O)[C@]2(C)C(C3=CC(=O)OC3)CCC12O. The third-order valence-corrected chi connectivity index (χ3v) is 12.9. The molecular formula is C36H43N3O10. The summed E-state index contributed by atoms with van der Waals surface area (Å²) in [6.45, 7) is 4.20. The molecule has 262 valence electrons. The molecule has 3 N–H and O–H groups in total. The molecule has 13 nitrogen and oxygen atoms in total. The molecule has 5 fully saturated rings. The van der Waals surface area contributed by atoms with Crippen molar-refractivity contribution < 1.29 is 48.6 Å². The lowest BCUT2D eigenvalue weighted by Gasteiger charge is -2.64. The minimum absolute atomic E-state index is 0.0111. The van der Waals surface area contributed by atoms with E-state index in [9.17, 15) is 34.2 Å². The van der Waals surface area contributed by atoms with Crippen LogP contribution in [0.15, 0.2) is 41.1 Å². The van der Waals surface area contributed by atoms with Gasteiger partial charge in [0.25, 0.3) is 17.7 Å². The number of oxime groups is 1. The highest BCUT2D eigenvalue weighted by Gasteiger charge is 2.70. The molecule has 1 aromatic carbocycles. The number of hydrogen-bond acceptors (Lipinski definition) is 11. The third kappa shape index (κ3) is 5.54. The van der Waals surface area contributed by atoms with Crippen LogP contribution in [0.1, 0.15) is 88.4 Å². The van der Waals surface area contributed by atoms with Gasteiger partial charge >= 0.3 is 11.9 Å². The van der Waals surface area contributed by atoms with Crippen LogP contribution in [0, 0.1) is 34.5 Å². The summed E-state index contributed by atoms with van der Waals surface area (Å²) >= 11 is 0. The highest BCUT2D eigenvalue weighted by atomic mass is 16.7. The van der Waals surface area contributed by atoms with Gasteiger partial charge in [-0.25, -0.2) is 9.59 Å². The molecule has 6 aliphatic rings. The molecule has 2 aliphatic heterocycles. The predicted octanol–water partition coefficient (Wildman–Crippen LogP) is 3.45. The van der Waals surface area contributed by atoms with E-state index in [4.69, 9.17) is 14.4 Å². The van der Waals surface area contributed by atoms with Crippen molar-refractivity contribution in [2.45, 2.75) is 89.8 Å². The van der Waals surface area contributed by atoms with Crippen LogP contribution in [0.2, 0.25) is 0 Å². The Kier molecular flexibility index (Phi) is 8.41. The van der Waals surface area contributed by atoms with Crippen LogP contribution >= 0.6 is 0 Å². The van der Waals surface area contributed by atoms with E-state index in [1.165, 1.54) is 18.2 Å². The summed E-state index contributed by atoms with van der Waals surface area (Å²) in [6, 6.07) is 5.94. The molecule has 0 spiro atoms. The molecule has 49 heavy (non-hydrogen) atoms. The van der Waals surface area contributed by atoms with Crippen molar-refractivity contribution in [2.75, 3.05) is 18.5 Å². The highest BCUT2D eigenvalue weighted by molar-refractivity contribution is 6.03. The molecule has 2 heterocycles. The molecule has 8 atom stereocenters. The average Bonchev–Trinajstić information content (AvgIpc) is 3.73. The fraction of sp³-hybridized carbons (Fsp3) is 0.611. The molecule has 13 heteroatoms. The van der Waals surface area contributed by atoms with E-state index in [0.717, 1.165) is 37.0 Å².